The molecular formula is C24H23N3O2. The highest BCUT2D eigenvalue weighted by atomic mass is 16.2. The molecule has 1 aliphatic rings. The lowest BCUT2D eigenvalue weighted by Crippen LogP contribution is -2.39. The van der Waals surface area contributed by atoms with Crippen molar-refractivity contribution < 1.29 is 9.59 Å². The highest BCUT2D eigenvalue weighted by molar-refractivity contribution is 5.94. The van der Waals surface area contributed by atoms with Gasteiger partial charge in [0.15, 0.2) is 0 Å². The van der Waals surface area contributed by atoms with E-state index < -0.39 is 5.91 Å². The second-order valence-corrected chi connectivity index (χ2v) is 7.35. The van der Waals surface area contributed by atoms with Crippen molar-refractivity contribution in [1.82, 2.24) is 9.88 Å². The minimum atomic E-state index is -0.441. The van der Waals surface area contributed by atoms with E-state index >= 15 is 0 Å². The lowest BCUT2D eigenvalue weighted by molar-refractivity contribution is 0.0705. The number of hydrogen-bond donors (Lipinski definition) is 1. The summed E-state index contributed by atoms with van der Waals surface area (Å²) in [5.41, 5.74) is 9.30. The van der Waals surface area contributed by atoms with Gasteiger partial charge in [-0.1, -0.05) is 36.4 Å². The molecule has 0 saturated carbocycles. The molecule has 1 atom stereocenters. The predicted molar refractivity (Wildman–Crippen MR) is 113 cm³/mol. The molecule has 1 aliphatic heterocycles. The van der Waals surface area contributed by atoms with E-state index in [9.17, 15) is 9.59 Å². The summed E-state index contributed by atoms with van der Waals surface area (Å²) < 4.78 is 0. The van der Waals surface area contributed by atoms with E-state index in [2.05, 4.69) is 0 Å². The zero-order chi connectivity index (χ0) is 20.2. The second-order valence-electron chi connectivity index (χ2n) is 7.35. The largest absolute Gasteiger partial charge is 0.366 e. The fourth-order valence-corrected chi connectivity index (χ4v) is 3.81. The van der Waals surface area contributed by atoms with Crippen LogP contribution in [0.2, 0.25) is 0 Å². The molecule has 0 aliphatic carbocycles. The molecule has 0 unspecified atom stereocenters. The number of nitrogens with zero attached hydrogens (tertiary/aromatic N) is 2. The van der Waals surface area contributed by atoms with E-state index in [0.717, 1.165) is 41.9 Å². The smallest absolute Gasteiger partial charge is 0.253 e. The number of likely N-dealkylation sites (tertiary alicyclic amines) is 1. The van der Waals surface area contributed by atoms with Crippen LogP contribution in [0, 0.1) is 0 Å². The topological polar surface area (TPSA) is 76.3 Å². The number of rotatable bonds is 4. The molecule has 2 amide bonds. The van der Waals surface area contributed by atoms with Crippen molar-refractivity contribution in [2.75, 3.05) is 13.1 Å². The Labute approximate surface area is 170 Å². The Balaban J connectivity index is 1.53. The number of benzene rings is 2. The summed E-state index contributed by atoms with van der Waals surface area (Å²) in [7, 11) is 0. The summed E-state index contributed by atoms with van der Waals surface area (Å²) in [4.78, 5) is 30.9. The zero-order valence-corrected chi connectivity index (χ0v) is 16.1. The standard InChI is InChI=1S/C24H23N3O2/c25-23(28)18-13-11-17(12-14-18)21-9-4-10-22(26-21)20-8-5-15-27(16-20)24(29)19-6-2-1-3-7-19/h1-4,6-7,9-14,20H,5,8,15-16H2,(H2,25,28)/t20-/m1/s1. The highest BCUT2D eigenvalue weighted by Crippen LogP contribution is 2.28. The monoisotopic (exact) mass is 385 g/mol. The van der Waals surface area contributed by atoms with E-state index in [1.807, 2.05) is 65.6 Å². The Bertz CT molecular complexity index is 1020. The third-order valence-electron chi connectivity index (χ3n) is 5.38. The van der Waals surface area contributed by atoms with Gasteiger partial charge in [-0.15, -0.1) is 0 Å². The Morgan fingerprint density at radius 2 is 1.66 bits per heavy atom. The van der Waals surface area contributed by atoms with E-state index in [4.69, 9.17) is 10.7 Å². The number of piperidine rings is 1. The molecule has 4 rings (SSSR count). The average molecular weight is 385 g/mol. The quantitative estimate of drug-likeness (QED) is 0.741. The highest BCUT2D eigenvalue weighted by Gasteiger charge is 2.26. The van der Waals surface area contributed by atoms with Gasteiger partial charge >= 0.3 is 0 Å². The van der Waals surface area contributed by atoms with Gasteiger partial charge in [-0.05, 0) is 49.2 Å². The number of primary amides is 1. The lowest BCUT2D eigenvalue weighted by Gasteiger charge is -2.32. The summed E-state index contributed by atoms with van der Waals surface area (Å²) in [6, 6.07) is 22.6. The first-order valence-corrected chi connectivity index (χ1v) is 9.83. The van der Waals surface area contributed by atoms with Crippen LogP contribution in [0.1, 0.15) is 45.2 Å². The van der Waals surface area contributed by atoms with Crippen molar-refractivity contribution in [1.29, 1.82) is 0 Å². The molecule has 5 heteroatoms. The fraction of sp³-hybridized carbons (Fsp3) is 0.208. The van der Waals surface area contributed by atoms with E-state index in [-0.39, 0.29) is 11.8 Å². The van der Waals surface area contributed by atoms with Gasteiger partial charge in [0, 0.05) is 41.4 Å². The average Bonchev–Trinajstić information content (AvgIpc) is 2.79. The van der Waals surface area contributed by atoms with Crippen LogP contribution in [-0.4, -0.2) is 34.8 Å². The van der Waals surface area contributed by atoms with Crippen LogP contribution < -0.4 is 5.73 Å². The number of carbonyl (C=O) groups is 2. The number of aromatic nitrogens is 1. The third-order valence-corrected chi connectivity index (χ3v) is 5.38. The van der Waals surface area contributed by atoms with Crippen LogP contribution in [0.15, 0.2) is 72.8 Å². The number of carbonyl (C=O) groups excluding carboxylic acids is 2. The maximum absolute atomic E-state index is 12.8. The van der Waals surface area contributed by atoms with Crippen molar-refractivity contribution >= 4 is 11.8 Å². The van der Waals surface area contributed by atoms with Gasteiger partial charge in [0.1, 0.15) is 0 Å². The molecule has 5 nitrogen and oxygen atoms in total. The van der Waals surface area contributed by atoms with Gasteiger partial charge in [-0.25, -0.2) is 0 Å². The van der Waals surface area contributed by atoms with Crippen LogP contribution in [0.25, 0.3) is 11.3 Å². The molecule has 2 aromatic carbocycles. The summed E-state index contributed by atoms with van der Waals surface area (Å²) in [5, 5.41) is 0. The Morgan fingerprint density at radius 1 is 0.897 bits per heavy atom. The third kappa shape index (κ3) is 4.19. The normalized spacial score (nSPS) is 16.4. The maximum atomic E-state index is 12.8. The van der Waals surface area contributed by atoms with Crippen LogP contribution in [0.5, 0.6) is 0 Å². The Hall–Kier alpha value is -3.47. The maximum Gasteiger partial charge on any atom is 0.253 e. The van der Waals surface area contributed by atoms with Crippen molar-refractivity contribution in [2.45, 2.75) is 18.8 Å². The predicted octanol–water partition coefficient (Wildman–Crippen LogP) is 3.87. The zero-order valence-electron chi connectivity index (χ0n) is 16.1. The van der Waals surface area contributed by atoms with Gasteiger partial charge in [0.05, 0.1) is 5.69 Å². The van der Waals surface area contributed by atoms with E-state index in [1.165, 1.54) is 0 Å². The van der Waals surface area contributed by atoms with Crippen molar-refractivity contribution in [3.05, 3.63) is 89.6 Å². The molecule has 146 valence electrons. The van der Waals surface area contributed by atoms with E-state index in [1.54, 1.807) is 12.1 Å². The fourth-order valence-electron chi connectivity index (χ4n) is 3.81. The molecule has 1 saturated heterocycles. The van der Waals surface area contributed by atoms with Gasteiger partial charge in [0.2, 0.25) is 5.91 Å². The lowest BCUT2D eigenvalue weighted by atomic mass is 9.93. The first-order valence-electron chi connectivity index (χ1n) is 9.83. The molecule has 29 heavy (non-hydrogen) atoms. The molecule has 1 fully saturated rings. The van der Waals surface area contributed by atoms with Crippen LogP contribution in [0.4, 0.5) is 0 Å². The first-order chi connectivity index (χ1) is 14.1. The van der Waals surface area contributed by atoms with Gasteiger partial charge < -0.3 is 10.6 Å². The van der Waals surface area contributed by atoms with Crippen molar-refractivity contribution in [3.63, 3.8) is 0 Å². The molecule has 0 bridgehead atoms. The molecule has 2 heterocycles. The SMILES string of the molecule is NC(=O)c1ccc(-c2cccc([C@@H]3CCCN(C(=O)c4ccccc4)C3)n2)cc1. The Kier molecular flexibility index (Phi) is 5.38. The van der Waals surface area contributed by atoms with Gasteiger partial charge in [-0.3, -0.25) is 14.6 Å². The molecule has 1 aromatic heterocycles. The van der Waals surface area contributed by atoms with Crippen LogP contribution in [-0.2, 0) is 0 Å². The molecule has 0 spiro atoms. The summed E-state index contributed by atoms with van der Waals surface area (Å²) in [5.74, 6) is -0.154. The molecule has 3 aromatic rings. The van der Waals surface area contributed by atoms with Gasteiger partial charge in [-0.2, -0.15) is 0 Å². The minimum absolute atomic E-state index is 0.0773. The van der Waals surface area contributed by atoms with Crippen molar-refractivity contribution in [2.24, 2.45) is 5.73 Å². The summed E-state index contributed by atoms with van der Waals surface area (Å²) >= 11 is 0. The van der Waals surface area contributed by atoms with Gasteiger partial charge in [0.25, 0.3) is 5.91 Å². The Morgan fingerprint density at radius 3 is 2.38 bits per heavy atom. The van der Waals surface area contributed by atoms with Crippen LogP contribution in [0.3, 0.4) is 0 Å². The summed E-state index contributed by atoms with van der Waals surface area (Å²) in [6.07, 6.45) is 1.97. The van der Waals surface area contributed by atoms with E-state index in [0.29, 0.717) is 12.1 Å². The number of pyridine rings is 1. The summed E-state index contributed by atoms with van der Waals surface area (Å²) in [6.45, 7) is 1.45. The number of amides is 2. The molecule has 2 N–H and O–H groups in total. The van der Waals surface area contributed by atoms with Crippen molar-refractivity contribution in [3.8, 4) is 11.3 Å². The molecule has 0 radical (unpaired) electrons. The number of nitrogens with two attached hydrogens (primary N) is 1. The van der Waals surface area contributed by atoms with Crippen LogP contribution >= 0.6 is 0 Å². The number of hydrogen-bond acceptors (Lipinski definition) is 3. The minimum Gasteiger partial charge on any atom is -0.366 e. The second kappa shape index (κ2) is 8.27. The first kappa shape index (κ1) is 18.9. The molecular weight excluding hydrogens is 362 g/mol.